The van der Waals surface area contributed by atoms with E-state index < -0.39 is 0 Å². The van der Waals surface area contributed by atoms with Crippen molar-refractivity contribution in [3.8, 4) is 11.5 Å². The van der Waals surface area contributed by atoms with Crippen LogP contribution in [0.1, 0.15) is 69.2 Å². The third-order valence-electron chi connectivity index (χ3n) is 10.6. The number of allylic oxidation sites excluding steroid dienone is 7. The summed E-state index contributed by atoms with van der Waals surface area (Å²) in [5, 5.41) is 0.878. The van der Waals surface area contributed by atoms with Gasteiger partial charge in [0.2, 0.25) is 0 Å². The van der Waals surface area contributed by atoms with Crippen LogP contribution in [-0.4, -0.2) is 60.8 Å². The van der Waals surface area contributed by atoms with Gasteiger partial charge in [-0.25, -0.2) is 0 Å². The van der Waals surface area contributed by atoms with Gasteiger partial charge in [-0.3, -0.25) is 4.90 Å². The summed E-state index contributed by atoms with van der Waals surface area (Å²) < 4.78 is 22.4. The molecule has 2 aromatic carbocycles. The van der Waals surface area contributed by atoms with E-state index in [1.165, 1.54) is 55.4 Å². The molecule has 0 aromatic heterocycles. The molecule has 0 saturated heterocycles. The van der Waals surface area contributed by atoms with E-state index in [1.54, 1.807) is 28.4 Å². The van der Waals surface area contributed by atoms with Crippen LogP contribution in [0.5, 0.6) is 11.5 Å². The summed E-state index contributed by atoms with van der Waals surface area (Å²) in [5.74, 6) is 1.80. The average molecular weight is 662 g/mol. The molecule has 7 heteroatoms. The van der Waals surface area contributed by atoms with Crippen LogP contribution in [0.15, 0.2) is 70.4 Å². The van der Waals surface area contributed by atoms with Gasteiger partial charge in [-0.05, 0) is 106 Å². The molecule has 0 amide bonds. The van der Waals surface area contributed by atoms with Gasteiger partial charge in [0, 0.05) is 53.7 Å². The lowest BCUT2D eigenvalue weighted by Crippen LogP contribution is -3.11. The summed E-state index contributed by atoms with van der Waals surface area (Å²) in [4.78, 5) is 3.85. The molecule has 2 unspecified atom stereocenters. The molecule has 0 saturated carbocycles. The van der Waals surface area contributed by atoms with E-state index in [9.17, 15) is 0 Å². The summed E-state index contributed by atoms with van der Waals surface area (Å²) >= 11 is 7.25. The van der Waals surface area contributed by atoms with Crippen LogP contribution in [0, 0.1) is 13.8 Å². The fourth-order valence-corrected chi connectivity index (χ4v) is 8.34. The molecule has 0 bridgehead atoms. The molecule has 2 aliphatic heterocycles. The zero-order valence-corrected chi connectivity index (χ0v) is 30.9. The van der Waals surface area contributed by atoms with Crippen molar-refractivity contribution in [3.63, 3.8) is 0 Å². The summed E-state index contributed by atoms with van der Waals surface area (Å²) in [6.07, 6.45) is 12.2. The van der Waals surface area contributed by atoms with Crippen LogP contribution in [0.3, 0.4) is 0 Å². The Labute approximate surface area is 287 Å². The van der Waals surface area contributed by atoms with Crippen molar-refractivity contribution in [1.29, 1.82) is 0 Å². The largest absolute Gasteiger partial charge is 0.497 e. The third-order valence-corrected chi connectivity index (χ3v) is 11.1. The van der Waals surface area contributed by atoms with Crippen molar-refractivity contribution in [3.05, 3.63) is 92.7 Å². The molecular formula is C40H54ClN2O4+. The van der Waals surface area contributed by atoms with Gasteiger partial charge in [0.25, 0.3) is 0 Å². The third kappa shape index (κ3) is 6.55. The Hall–Kier alpha value is -3.03. The van der Waals surface area contributed by atoms with E-state index in [-0.39, 0.29) is 16.9 Å². The van der Waals surface area contributed by atoms with E-state index in [0.29, 0.717) is 13.2 Å². The second kappa shape index (κ2) is 14.2. The number of hydrogen-bond acceptors (Lipinski definition) is 5. The Kier molecular flexibility index (Phi) is 10.7. The zero-order valence-electron chi connectivity index (χ0n) is 30.1. The number of fused-ring (bicyclic) bond motifs is 2. The number of halogens is 1. The minimum Gasteiger partial charge on any atom is -0.497 e. The maximum absolute atomic E-state index is 7.25. The lowest BCUT2D eigenvalue weighted by molar-refractivity contribution is -0.851. The lowest BCUT2D eigenvalue weighted by atomic mass is 9.79. The van der Waals surface area contributed by atoms with Gasteiger partial charge in [-0.15, -0.1) is 0 Å². The van der Waals surface area contributed by atoms with Gasteiger partial charge in [-0.1, -0.05) is 37.6 Å². The summed E-state index contributed by atoms with van der Waals surface area (Å²) in [6, 6.07) is 8.92. The molecular weight excluding hydrogens is 608 g/mol. The number of nitrogens with zero attached hydrogens (tertiary/aromatic N) is 1. The maximum atomic E-state index is 7.25. The monoisotopic (exact) mass is 661 g/mol. The smallest absolute Gasteiger partial charge is 0.139 e. The highest BCUT2D eigenvalue weighted by atomic mass is 35.5. The number of benzene rings is 2. The maximum Gasteiger partial charge on any atom is 0.139 e. The molecule has 2 atom stereocenters. The van der Waals surface area contributed by atoms with Crippen LogP contribution in [0.2, 0.25) is 0 Å². The minimum atomic E-state index is -0.203. The molecule has 2 heterocycles. The van der Waals surface area contributed by atoms with Gasteiger partial charge in [0.15, 0.2) is 0 Å². The van der Waals surface area contributed by atoms with E-state index in [4.69, 9.17) is 30.5 Å². The lowest BCUT2D eigenvalue weighted by Gasteiger charge is -2.28. The Balaban J connectivity index is 1.50. The first-order valence-corrected chi connectivity index (χ1v) is 17.3. The number of nitrogens with one attached hydrogen (secondary N) is 1. The van der Waals surface area contributed by atoms with Crippen molar-refractivity contribution >= 4 is 23.0 Å². The molecule has 0 spiro atoms. The molecule has 5 rings (SSSR count). The van der Waals surface area contributed by atoms with Crippen LogP contribution in [0.25, 0.3) is 0 Å². The Bertz CT molecular complexity index is 1620. The zero-order chi connectivity index (χ0) is 34.1. The van der Waals surface area contributed by atoms with E-state index in [0.717, 1.165) is 48.9 Å². The predicted octanol–water partition coefficient (Wildman–Crippen LogP) is 7.63. The Morgan fingerprint density at radius 1 is 0.872 bits per heavy atom. The fourth-order valence-electron chi connectivity index (χ4n) is 8.02. The Morgan fingerprint density at radius 3 is 2.19 bits per heavy atom. The van der Waals surface area contributed by atoms with Gasteiger partial charge in [-0.2, -0.15) is 0 Å². The summed E-state index contributed by atoms with van der Waals surface area (Å²) in [7, 11) is 7.02. The molecule has 2 aromatic rings. The van der Waals surface area contributed by atoms with Crippen LogP contribution in [-0.2, 0) is 20.3 Å². The highest BCUT2D eigenvalue weighted by Crippen LogP contribution is 2.51. The quantitative estimate of drug-likeness (QED) is 0.268. The number of aryl methyl sites for hydroxylation is 2. The van der Waals surface area contributed by atoms with Gasteiger partial charge >= 0.3 is 0 Å². The summed E-state index contributed by atoms with van der Waals surface area (Å²) in [5.41, 5.74) is 11.0. The van der Waals surface area contributed by atoms with Crippen molar-refractivity contribution < 1.29 is 23.8 Å². The average Bonchev–Trinajstić information content (AvgIpc) is 3.39. The molecule has 6 nitrogen and oxygen atoms in total. The van der Waals surface area contributed by atoms with Crippen molar-refractivity contribution in [1.82, 2.24) is 0 Å². The molecule has 0 radical (unpaired) electrons. The van der Waals surface area contributed by atoms with Crippen molar-refractivity contribution in [2.75, 3.05) is 59.6 Å². The number of anilines is 1. The molecule has 254 valence electrons. The first-order chi connectivity index (χ1) is 22.4. The minimum absolute atomic E-state index is 0.0888. The van der Waals surface area contributed by atoms with Crippen LogP contribution >= 0.6 is 11.6 Å². The highest BCUT2D eigenvalue weighted by molar-refractivity contribution is 6.32. The predicted molar refractivity (Wildman–Crippen MR) is 194 cm³/mol. The van der Waals surface area contributed by atoms with E-state index in [1.807, 2.05) is 0 Å². The van der Waals surface area contributed by atoms with Crippen molar-refractivity contribution in [2.24, 2.45) is 0 Å². The number of quaternary nitrogens is 1. The van der Waals surface area contributed by atoms with Gasteiger partial charge in [0.1, 0.15) is 29.8 Å². The second-order valence-electron chi connectivity index (χ2n) is 14.2. The topological polar surface area (TPSA) is 44.6 Å². The number of hydrogen-bond donors (Lipinski definition) is 1. The second-order valence-corrected chi connectivity index (χ2v) is 14.6. The van der Waals surface area contributed by atoms with Crippen LogP contribution < -0.4 is 19.3 Å². The molecule has 3 aliphatic rings. The SMILES string of the molecule is COCCN1/C(=C/C=C2\CCCC(/C=C/C3[NH+](CCOC)c4c(C)cc(OC)cc4C3(C)C)=C2Cl)C(C)(C)c2cc(OC)cc(C)c21. The number of rotatable bonds is 11. The van der Waals surface area contributed by atoms with E-state index >= 15 is 0 Å². The first kappa shape index (κ1) is 35.3. The molecule has 1 N–H and O–H groups in total. The van der Waals surface area contributed by atoms with Crippen molar-refractivity contribution in [2.45, 2.75) is 77.7 Å². The van der Waals surface area contributed by atoms with E-state index in [2.05, 4.69) is 95.0 Å². The first-order valence-electron chi connectivity index (χ1n) is 16.9. The fraction of sp³-hybridized carbons (Fsp3) is 0.500. The van der Waals surface area contributed by atoms with Gasteiger partial charge < -0.3 is 23.8 Å². The Morgan fingerprint density at radius 2 is 1.53 bits per heavy atom. The number of ether oxygens (including phenoxy) is 4. The standard InChI is InChI=1S/C40H53ClN2O4/c1-26-22-30(46-9)24-32-37(26)42(18-20-44-7)34(39(32,3)4)16-14-28-12-11-13-29(36(28)41)15-17-35-40(5,6)33-25-31(47-10)23-27(2)38(33)43(35)19-21-45-8/h14-17,22-25,34H,11-13,18-21H2,1-10H3/p+1/b16-14+,29-15+,35-17+. The van der Waals surface area contributed by atoms with Crippen LogP contribution in [0.4, 0.5) is 11.4 Å². The highest BCUT2D eigenvalue weighted by Gasteiger charge is 2.49. The molecule has 1 aliphatic carbocycles. The normalized spacial score (nSPS) is 23.3. The number of methoxy groups -OCH3 is 4. The molecule has 0 fully saturated rings. The summed E-state index contributed by atoms with van der Waals surface area (Å²) in [6.45, 7) is 16.7. The van der Waals surface area contributed by atoms with Gasteiger partial charge in [0.05, 0.1) is 32.8 Å². The molecule has 47 heavy (non-hydrogen) atoms.